The molecular weight excluding hydrogens is 239 g/mol. The van der Waals surface area contributed by atoms with E-state index in [1.165, 1.54) is 0 Å². The molecule has 0 saturated heterocycles. The van der Waals surface area contributed by atoms with Gasteiger partial charge < -0.3 is 11.5 Å². The molecule has 0 aliphatic heterocycles. The minimum Gasteiger partial charge on any atom is -0.368 e. The third-order valence-electron chi connectivity index (χ3n) is 1.28. The Kier molecular flexibility index (Phi) is 3.48. The van der Waals surface area contributed by atoms with Crippen LogP contribution in [0.2, 0.25) is 0 Å². The zero-order chi connectivity index (χ0) is 12.5. The molecule has 0 aromatic rings. The maximum absolute atomic E-state index is 11.8. The molecule has 0 fully saturated rings. The van der Waals surface area contributed by atoms with Crippen LogP contribution in [-0.2, 0) is 14.8 Å². The van der Waals surface area contributed by atoms with Crippen molar-refractivity contribution in [2.75, 3.05) is 0 Å². The van der Waals surface area contributed by atoms with Gasteiger partial charge in [-0.05, 0) is 6.92 Å². The van der Waals surface area contributed by atoms with E-state index in [2.05, 4.69) is 10.1 Å². The molecule has 1 unspecified atom stereocenters. The first-order chi connectivity index (χ1) is 6.40. The molecule has 0 bridgehead atoms. The Balaban J connectivity index is 5.08. The number of rotatable bonds is 3. The molecular formula is C5H8F3N3O3S. The highest BCUT2D eigenvalue weighted by Gasteiger charge is 2.46. The Bertz CT molecular complexity index is 384. The summed E-state index contributed by atoms with van der Waals surface area (Å²) in [5.74, 6) is -1.20. The van der Waals surface area contributed by atoms with E-state index in [4.69, 9.17) is 5.73 Å². The van der Waals surface area contributed by atoms with Crippen molar-refractivity contribution in [1.82, 2.24) is 0 Å². The van der Waals surface area contributed by atoms with Crippen LogP contribution in [-0.4, -0.2) is 31.6 Å². The van der Waals surface area contributed by atoms with E-state index in [0.717, 1.165) is 6.92 Å². The van der Waals surface area contributed by atoms with Crippen molar-refractivity contribution in [2.45, 2.75) is 18.0 Å². The number of carbonyl (C=O) groups excluding carboxylic acids is 1. The van der Waals surface area contributed by atoms with E-state index < -0.39 is 27.0 Å². The highest BCUT2D eigenvalue weighted by atomic mass is 32.2. The SMILES string of the molecule is CC(N)(C=NS(=O)(=O)C(F)(F)F)C(N)=O. The molecule has 0 rings (SSSR count). The maximum atomic E-state index is 11.8. The van der Waals surface area contributed by atoms with Gasteiger partial charge >= 0.3 is 15.5 Å². The standard InChI is InChI=1S/C5H8F3N3O3S/c1-4(10,3(9)12)2-11-15(13,14)5(6,7)8/h2H,10H2,1H3,(H2,9,12). The average Bonchev–Trinajstić information content (AvgIpc) is 1.99. The maximum Gasteiger partial charge on any atom is 0.518 e. The van der Waals surface area contributed by atoms with Gasteiger partial charge in [0.1, 0.15) is 5.54 Å². The van der Waals surface area contributed by atoms with Crippen LogP contribution in [0, 0.1) is 0 Å². The summed E-state index contributed by atoms with van der Waals surface area (Å²) in [5.41, 5.74) is 2.14. The number of amides is 1. The predicted molar refractivity (Wildman–Crippen MR) is 45.3 cm³/mol. The summed E-state index contributed by atoms with van der Waals surface area (Å²) in [4.78, 5) is 10.5. The van der Waals surface area contributed by atoms with Gasteiger partial charge in [0.15, 0.2) is 0 Å². The van der Waals surface area contributed by atoms with Crippen molar-refractivity contribution in [3.63, 3.8) is 0 Å². The van der Waals surface area contributed by atoms with Gasteiger partial charge in [-0.25, -0.2) is 0 Å². The van der Waals surface area contributed by atoms with Gasteiger partial charge in [0, 0.05) is 6.21 Å². The topological polar surface area (TPSA) is 116 Å². The summed E-state index contributed by atoms with van der Waals surface area (Å²) in [6, 6.07) is 0. The zero-order valence-corrected chi connectivity index (χ0v) is 8.26. The van der Waals surface area contributed by atoms with Gasteiger partial charge in [-0.2, -0.15) is 26.0 Å². The molecule has 10 heteroatoms. The van der Waals surface area contributed by atoms with Gasteiger partial charge in [-0.15, -0.1) is 0 Å². The summed E-state index contributed by atoms with van der Waals surface area (Å²) in [5, 5.41) is 0. The van der Waals surface area contributed by atoms with E-state index >= 15 is 0 Å². The van der Waals surface area contributed by atoms with Crippen molar-refractivity contribution in [3.8, 4) is 0 Å². The molecule has 0 aromatic carbocycles. The zero-order valence-electron chi connectivity index (χ0n) is 7.45. The first-order valence-electron chi connectivity index (χ1n) is 3.37. The number of primary amides is 1. The van der Waals surface area contributed by atoms with E-state index in [1.807, 2.05) is 0 Å². The molecule has 0 saturated carbocycles. The third-order valence-corrected chi connectivity index (χ3v) is 2.25. The molecule has 0 heterocycles. The molecule has 1 amide bonds. The Morgan fingerprint density at radius 2 is 1.80 bits per heavy atom. The Morgan fingerprint density at radius 3 is 2.07 bits per heavy atom. The number of nitrogens with zero attached hydrogens (tertiary/aromatic N) is 1. The monoisotopic (exact) mass is 247 g/mol. The second kappa shape index (κ2) is 3.77. The van der Waals surface area contributed by atoms with Crippen molar-refractivity contribution in [2.24, 2.45) is 15.9 Å². The van der Waals surface area contributed by atoms with Crippen LogP contribution in [0.15, 0.2) is 4.40 Å². The second-order valence-electron chi connectivity index (χ2n) is 2.80. The van der Waals surface area contributed by atoms with Gasteiger partial charge in [-0.3, -0.25) is 4.79 Å². The van der Waals surface area contributed by atoms with Crippen molar-refractivity contribution >= 4 is 22.1 Å². The highest BCUT2D eigenvalue weighted by molar-refractivity contribution is 7.91. The van der Waals surface area contributed by atoms with Crippen LogP contribution in [0.4, 0.5) is 13.2 Å². The van der Waals surface area contributed by atoms with Gasteiger partial charge in [0.2, 0.25) is 5.91 Å². The summed E-state index contributed by atoms with van der Waals surface area (Å²) in [6.07, 6.45) is 0.137. The lowest BCUT2D eigenvalue weighted by Crippen LogP contribution is -2.51. The van der Waals surface area contributed by atoms with Crippen LogP contribution in [0.1, 0.15) is 6.92 Å². The minimum atomic E-state index is -5.68. The van der Waals surface area contributed by atoms with Crippen molar-refractivity contribution < 1.29 is 26.4 Å². The molecule has 15 heavy (non-hydrogen) atoms. The van der Waals surface area contributed by atoms with Crippen LogP contribution < -0.4 is 11.5 Å². The summed E-state index contributed by atoms with van der Waals surface area (Å²) < 4.78 is 58.3. The van der Waals surface area contributed by atoms with Gasteiger partial charge in [0.25, 0.3) is 0 Å². The minimum absolute atomic E-state index is 0.137. The average molecular weight is 247 g/mol. The molecule has 0 aliphatic carbocycles. The molecule has 0 spiro atoms. The number of carbonyl (C=O) groups is 1. The van der Waals surface area contributed by atoms with Crippen molar-refractivity contribution in [1.29, 1.82) is 0 Å². The fraction of sp³-hybridized carbons (Fsp3) is 0.600. The van der Waals surface area contributed by atoms with E-state index in [1.54, 1.807) is 0 Å². The predicted octanol–water partition coefficient (Wildman–Crippen LogP) is -0.891. The smallest absolute Gasteiger partial charge is 0.368 e. The highest BCUT2D eigenvalue weighted by Crippen LogP contribution is 2.24. The lowest BCUT2D eigenvalue weighted by atomic mass is 10.1. The Hall–Kier alpha value is -1.16. The number of alkyl halides is 3. The number of sulfonamides is 1. The molecule has 88 valence electrons. The second-order valence-corrected chi connectivity index (χ2v) is 4.43. The van der Waals surface area contributed by atoms with Gasteiger partial charge in [-0.1, -0.05) is 0 Å². The van der Waals surface area contributed by atoms with Crippen LogP contribution in [0.25, 0.3) is 0 Å². The summed E-state index contributed by atoms with van der Waals surface area (Å²) in [7, 11) is -5.68. The van der Waals surface area contributed by atoms with Crippen molar-refractivity contribution in [3.05, 3.63) is 0 Å². The van der Waals surface area contributed by atoms with E-state index in [9.17, 15) is 26.4 Å². The first kappa shape index (κ1) is 13.8. The summed E-state index contributed by atoms with van der Waals surface area (Å²) >= 11 is 0. The quantitative estimate of drug-likeness (QED) is 0.629. The lowest BCUT2D eigenvalue weighted by Gasteiger charge is -2.13. The molecule has 0 aliphatic rings. The first-order valence-corrected chi connectivity index (χ1v) is 4.81. The van der Waals surface area contributed by atoms with Crippen LogP contribution in [0.3, 0.4) is 0 Å². The molecule has 6 nitrogen and oxygen atoms in total. The molecule has 0 aromatic heterocycles. The number of halogens is 3. The molecule has 0 radical (unpaired) electrons. The lowest BCUT2D eigenvalue weighted by molar-refractivity contribution is -0.120. The van der Waals surface area contributed by atoms with Gasteiger partial charge in [0.05, 0.1) is 0 Å². The number of nitrogens with two attached hydrogens (primary N) is 2. The van der Waals surface area contributed by atoms with E-state index in [0.29, 0.717) is 0 Å². The van der Waals surface area contributed by atoms with Crippen LogP contribution in [0.5, 0.6) is 0 Å². The number of hydrogen-bond acceptors (Lipinski definition) is 4. The molecule has 4 N–H and O–H groups in total. The Morgan fingerprint density at radius 1 is 1.40 bits per heavy atom. The van der Waals surface area contributed by atoms with E-state index in [-0.39, 0.29) is 6.21 Å². The third kappa shape index (κ3) is 3.47. The van der Waals surface area contributed by atoms with Crippen LogP contribution >= 0.6 is 0 Å². The fourth-order valence-corrected chi connectivity index (χ4v) is 0.780. The number of hydrogen-bond donors (Lipinski definition) is 2. The fourth-order valence-electron chi connectivity index (χ4n) is 0.302. The Labute approximate surface area is 83.2 Å². The largest absolute Gasteiger partial charge is 0.518 e. The molecule has 1 atom stereocenters. The summed E-state index contributed by atoms with van der Waals surface area (Å²) in [6.45, 7) is 0.921. The normalized spacial score (nSPS) is 17.7.